The summed E-state index contributed by atoms with van der Waals surface area (Å²) in [5.74, 6) is -0.284. The zero-order chi connectivity index (χ0) is 24.3. The number of hydrogen-bond acceptors (Lipinski definition) is 5. The van der Waals surface area contributed by atoms with Gasteiger partial charge in [0.25, 0.3) is 11.8 Å². The summed E-state index contributed by atoms with van der Waals surface area (Å²) in [7, 11) is 0. The number of alkyl halides is 1. The molecule has 0 spiro atoms. The van der Waals surface area contributed by atoms with Crippen molar-refractivity contribution in [3.05, 3.63) is 48.4 Å². The Morgan fingerprint density at radius 1 is 1.06 bits per heavy atom. The summed E-state index contributed by atoms with van der Waals surface area (Å²) in [6.45, 7) is 5.63. The standard InChI is InChI=1S/C24H25FN6O3/c1-23(2)21(33)31(22(34)28-23)18-5-4-17(14-26-18)30-9-6-15-12-16(13-27-19(15)30)20(32)29-10-7-24(3,25)8-11-29/h4-6,9,12-14H,7-8,10-11H2,1-3H3,(H,28,34). The van der Waals surface area contributed by atoms with Crippen molar-refractivity contribution >= 4 is 34.7 Å². The van der Waals surface area contributed by atoms with Crippen LogP contribution in [0, 0.1) is 0 Å². The molecule has 10 heteroatoms. The first-order valence-corrected chi connectivity index (χ1v) is 11.1. The van der Waals surface area contributed by atoms with Crippen LogP contribution in [0.25, 0.3) is 16.7 Å². The lowest BCUT2D eigenvalue weighted by Crippen LogP contribution is -2.43. The molecule has 2 aliphatic heterocycles. The van der Waals surface area contributed by atoms with Crippen LogP contribution in [0.2, 0.25) is 0 Å². The van der Waals surface area contributed by atoms with Gasteiger partial charge in [-0.15, -0.1) is 0 Å². The first-order valence-electron chi connectivity index (χ1n) is 11.1. The molecular formula is C24H25FN6O3. The molecule has 9 nitrogen and oxygen atoms in total. The summed E-state index contributed by atoms with van der Waals surface area (Å²) in [5, 5.41) is 3.41. The van der Waals surface area contributed by atoms with Crippen LogP contribution in [0.3, 0.4) is 0 Å². The van der Waals surface area contributed by atoms with Gasteiger partial charge in [-0.1, -0.05) is 0 Å². The second-order valence-electron chi connectivity index (χ2n) is 9.60. The Hall–Kier alpha value is -3.82. The maximum atomic E-state index is 14.1. The number of pyridine rings is 2. The van der Waals surface area contributed by atoms with E-state index in [9.17, 15) is 18.8 Å². The van der Waals surface area contributed by atoms with E-state index in [2.05, 4.69) is 15.3 Å². The van der Waals surface area contributed by atoms with Gasteiger partial charge in [-0.2, -0.15) is 0 Å². The highest BCUT2D eigenvalue weighted by Gasteiger charge is 2.45. The van der Waals surface area contributed by atoms with Gasteiger partial charge in [0.2, 0.25) is 0 Å². The van der Waals surface area contributed by atoms with Gasteiger partial charge in [0.1, 0.15) is 22.7 Å². The van der Waals surface area contributed by atoms with Crippen LogP contribution in [0.4, 0.5) is 15.0 Å². The topological polar surface area (TPSA) is 100 Å². The molecule has 2 aliphatic rings. The molecule has 1 N–H and O–H groups in total. The zero-order valence-electron chi connectivity index (χ0n) is 19.2. The predicted octanol–water partition coefficient (Wildman–Crippen LogP) is 3.22. The maximum absolute atomic E-state index is 14.1. The van der Waals surface area contributed by atoms with Crippen LogP contribution >= 0.6 is 0 Å². The smallest absolute Gasteiger partial charge is 0.330 e. The highest BCUT2D eigenvalue weighted by Crippen LogP contribution is 2.28. The number of piperidine rings is 1. The molecule has 3 aromatic rings. The lowest BCUT2D eigenvalue weighted by molar-refractivity contribution is -0.121. The summed E-state index contributed by atoms with van der Waals surface area (Å²) in [6.07, 6.45) is 5.56. The minimum absolute atomic E-state index is 0.153. The molecule has 0 aliphatic carbocycles. The highest BCUT2D eigenvalue weighted by atomic mass is 19.1. The molecule has 5 heterocycles. The Morgan fingerprint density at radius 3 is 2.41 bits per heavy atom. The van der Waals surface area contributed by atoms with Gasteiger partial charge in [-0.05, 0) is 57.9 Å². The van der Waals surface area contributed by atoms with Crippen LogP contribution < -0.4 is 10.2 Å². The van der Waals surface area contributed by atoms with Gasteiger partial charge in [0, 0.05) is 30.9 Å². The van der Waals surface area contributed by atoms with Crippen molar-refractivity contribution < 1.29 is 18.8 Å². The molecule has 2 saturated heterocycles. The minimum Gasteiger partial charge on any atom is -0.338 e. The Kier molecular flexibility index (Phi) is 4.92. The van der Waals surface area contributed by atoms with Crippen LogP contribution in [-0.2, 0) is 4.79 Å². The van der Waals surface area contributed by atoms with Crippen molar-refractivity contribution in [1.82, 2.24) is 24.8 Å². The molecule has 4 amide bonds. The molecule has 34 heavy (non-hydrogen) atoms. The van der Waals surface area contributed by atoms with Gasteiger partial charge >= 0.3 is 6.03 Å². The fourth-order valence-corrected chi connectivity index (χ4v) is 4.32. The number of carbonyl (C=O) groups is 3. The predicted molar refractivity (Wildman–Crippen MR) is 124 cm³/mol. The third kappa shape index (κ3) is 3.68. The van der Waals surface area contributed by atoms with Crippen molar-refractivity contribution in [1.29, 1.82) is 0 Å². The van der Waals surface area contributed by atoms with E-state index in [4.69, 9.17) is 0 Å². The third-order valence-corrected chi connectivity index (χ3v) is 6.47. The Bertz CT molecular complexity index is 1300. The number of nitrogens with zero attached hydrogens (tertiary/aromatic N) is 5. The molecular weight excluding hydrogens is 439 g/mol. The van der Waals surface area contributed by atoms with Gasteiger partial charge in [-0.25, -0.2) is 24.1 Å². The fraction of sp³-hybridized carbons (Fsp3) is 0.375. The van der Waals surface area contributed by atoms with Gasteiger partial charge in [-0.3, -0.25) is 14.2 Å². The summed E-state index contributed by atoms with van der Waals surface area (Å²) < 4.78 is 15.9. The van der Waals surface area contributed by atoms with Crippen molar-refractivity contribution in [3.63, 3.8) is 0 Å². The van der Waals surface area contributed by atoms with E-state index in [0.717, 1.165) is 10.3 Å². The molecule has 0 saturated carbocycles. The average molecular weight is 465 g/mol. The number of urea groups is 1. The monoisotopic (exact) mass is 464 g/mol. The molecule has 0 unspecified atom stereocenters. The molecule has 3 aromatic heterocycles. The van der Waals surface area contributed by atoms with Gasteiger partial charge < -0.3 is 10.2 Å². The highest BCUT2D eigenvalue weighted by molar-refractivity contribution is 6.22. The fourth-order valence-electron chi connectivity index (χ4n) is 4.32. The van der Waals surface area contributed by atoms with Crippen LogP contribution in [0.15, 0.2) is 42.9 Å². The number of rotatable bonds is 3. The normalized spacial score (nSPS) is 19.5. The number of fused-ring (bicyclic) bond motifs is 1. The van der Waals surface area contributed by atoms with Crippen molar-refractivity contribution in [2.45, 2.75) is 44.8 Å². The van der Waals surface area contributed by atoms with Crippen LogP contribution in [-0.4, -0.2) is 61.6 Å². The number of carbonyl (C=O) groups excluding carboxylic acids is 3. The van der Waals surface area contributed by atoms with E-state index in [1.165, 1.54) is 6.20 Å². The van der Waals surface area contributed by atoms with Crippen LogP contribution in [0.1, 0.15) is 44.0 Å². The molecule has 0 bridgehead atoms. The largest absolute Gasteiger partial charge is 0.338 e. The number of imide groups is 1. The first-order chi connectivity index (χ1) is 16.1. The number of likely N-dealkylation sites (tertiary alicyclic amines) is 1. The van der Waals surface area contributed by atoms with E-state index in [-0.39, 0.29) is 17.6 Å². The lowest BCUT2D eigenvalue weighted by atomic mass is 9.95. The molecule has 0 radical (unpaired) electrons. The molecule has 0 atom stereocenters. The minimum atomic E-state index is -1.22. The lowest BCUT2D eigenvalue weighted by Gasteiger charge is -2.34. The van der Waals surface area contributed by atoms with Crippen molar-refractivity contribution in [2.24, 2.45) is 0 Å². The Labute approximate surface area is 195 Å². The summed E-state index contributed by atoms with van der Waals surface area (Å²) >= 11 is 0. The number of aromatic nitrogens is 3. The van der Waals surface area contributed by atoms with Gasteiger partial charge in [0.05, 0.1) is 17.4 Å². The van der Waals surface area contributed by atoms with E-state index in [1.807, 2.05) is 16.8 Å². The van der Waals surface area contributed by atoms with E-state index >= 15 is 0 Å². The number of amides is 4. The summed E-state index contributed by atoms with van der Waals surface area (Å²) in [4.78, 5) is 49.1. The summed E-state index contributed by atoms with van der Waals surface area (Å²) in [5.41, 5.74) is -0.413. The number of nitrogens with one attached hydrogen (secondary N) is 1. The summed E-state index contributed by atoms with van der Waals surface area (Å²) in [6, 6.07) is 6.47. The van der Waals surface area contributed by atoms with E-state index in [1.54, 1.807) is 50.1 Å². The van der Waals surface area contributed by atoms with Crippen molar-refractivity contribution in [3.8, 4) is 5.69 Å². The quantitative estimate of drug-likeness (QED) is 0.600. The van der Waals surface area contributed by atoms with Crippen LogP contribution in [0.5, 0.6) is 0 Å². The second kappa shape index (κ2) is 7.61. The second-order valence-corrected chi connectivity index (χ2v) is 9.60. The molecule has 2 fully saturated rings. The average Bonchev–Trinajstić information content (AvgIpc) is 3.30. The van der Waals surface area contributed by atoms with E-state index in [0.29, 0.717) is 42.8 Å². The third-order valence-electron chi connectivity index (χ3n) is 6.47. The molecule has 176 valence electrons. The number of anilines is 1. The maximum Gasteiger partial charge on any atom is 0.330 e. The number of hydrogen-bond donors (Lipinski definition) is 1. The Morgan fingerprint density at radius 2 is 1.79 bits per heavy atom. The van der Waals surface area contributed by atoms with Crippen molar-refractivity contribution in [2.75, 3.05) is 18.0 Å². The number of halogens is 1. The Balaban J connectivity index is 1.38. The first kappa shape index (κ1) is 22.0. The molecule has 5 rings (SSSR count). The van der Waals surface area contributed by atoms with Gasteiger partial charge in [0.15, 0.2) is 0 Å². The zero-order valence-corrected chi connectivity index (χ0v) is 19.2. The SMILES string of the molecule is CC1(F)CCN(C(=O)c2cnc3c(ccn3-c3ccc(N4C(=O)NC(C)(C)C4=O)nc3)c2)CC1. The van der Waals surface area contributed by atoms with E-state index < -0.39 is 17.2 Å². The molecule has 0 aromatic carbocycles.